The van der Waals surface area contributed by atoms with Crippen LogP contribution in [0.15, 0.2) is 24.3 Å². The molecule has 0 bridgehead atoms. The number of benzene rings is 1. The van der Waals surface area contributed by atoms with Crippen molar-refractivity contribution in [1.29, 1.82) is 0 Å². The molecule has 1 N–H and O–H groups in total. The molecule has 2 amide bonds. The fraction of sp³-hybridized carbons (Fsp3) is 0.429. The van der Waals surface area contributed by atoms with Crippen molar-refractivity contribution in [3.8, 4) is 0 Å². The van der Waals surface area contributed by atoms with Gasteiger partial charge in [-0.3, -0.25) is 19.7 Å². The average molecular weight is 431 g/mol. The van der Waals surface area contributed by atoms with Gasteiger partial charge >= 0.3 is 5.97 Å². The summed E-state index contributed by atoms with van der Waals surface area (Å²) in [7, 11) is 1.38. The first-order chi connectivity index (χ1) is 14.5. The molecule has 0 radical (unpaired) electrons. The maximum Gasteiger partial charge on any atom is 0.308 e. The van der Waals surface area contributed by atoms with E-state index < -0.39 is 5.82 Å². The second-order valence-electron chi connectivity index (χ2n) is 7.50. The summed E-state index contributed by atoms with van der Waals surface area (Å²) in [6, 6.07) is 5.29. The number of hydrogen-bond acceptors (Lipinski definition) is 6. The van der Waals surface area contributed by atoms with Gasteiger partial charge in [0, 0.05) is 23.5 Å². The Kier molecular flexibility index (Phi) is 5.80. The molecule has 2 heterocycles. The van der Waals surface area contributed by atoms with E-state index in [1.807, 2.05) is 0 Å². The van der Waals surface area contributed by atoms with Crippen molar-refractivity contribution in [3.05, 3.63) is 46.2 Å². The quantitative estimate of drug-likeness (QED) is 0.752. The number of rotatable bonds is 4. The molecule has 1 fully saturated rings. The third-order valence-corrected chi connectivity index (χ3v) is 6.73. The minimum absolute atomic E-state index is 0.0266. The van der Waals surface area contributed by atoms with Crippen LogP contribution in [0.25, 0.3) is 0 Å². The van der Waals surface area contributed by atoms with Crippen LogP contribution >= 0.6 is 11.3 Å². The fourth-order valence-corrected chi connectivity index (χ4v) is 5.05. The van der Waals surface area contributed by atoms with Gasteiger partial charge in [0.2, 0.25) is 5.91 Å². The average Bonchev–Trinajstić information content (AvgIpc) is 3.33. The lowest BCUT2D eigenvalue weighted by Crippen LogP contribution is -2.42. The Bertz CT molecular complexity index is 967. The first-order valence-electron chi connectivity index (χ1n) is 9.89. The third-order valence-electron chi connectivity index (χ3n) is 5.68. The van der Waals surface area contributed by atoms with Crippen molar-refractivity contribution in [1.82, 2.24) is 9.88 Å². The van der Waals surface area contributed by atoms with Gasteiger partial charge in [-0.25, -0.2) is 9.37 Å². The minimum atomic E-state index is -0.406. The normalized spacial score (nSPS) is 18.7. The molecule has 2 aromatic rings. The topological polar surface area (TPSA) is 88.6 Å². The first kappa shape index (κ1) is 20.5. The predicted octanol–water partition coefficient (Wildman–Crippen LogP) is 2.98. The number of halogens is 1. The molecule has 0 unspecified atom stereocenters. The van der Waals surface area contributed by atoms with Crippen LogP contribution in [0.5, 0.6) is 0 Å². The Hall–Kier alpha value is -2.81. The molecule has 1 aromatic carbocycles. The molecule has 9 heteroatoms. The summed E-state index contributed by atoms with van der Waals surface area (Å²) in [4.78, 5) is 44.4. The zero-order chi connectivity index (χ0) is 21.3. The van der Waals surface area contributed by atoms with E-state index in [-0.39, 0.29) is 29.6 Å². The lowest BCUT2D eigenvalue weighted by atomic mass is 9.95. The van der Waals surface area contributed by atoms with E-state index in [9.17, 15) is 18.8 Å². The molecule has 2 aliphatic rings. The molecule has 7 nitrogen and oxygen atoms in total. The molecule has 1 atom stereocenters. The Balaban J connectivity index is 1.40. The number of thiazole rings is 1. The Morgan fingerprint density at radius 2 is 1.87 bits per heavy atom. The van der Waals surface area contributed by atoms with Gasteiger partial charge in [0.25, 0.3) is 5.91 Å². The van der Waals surface area contributed by atoms with Gasteiger partial charge in [-0.2, -0.15) is 0 Å². The Morgan fingerprint density at radius 1 is 1.17 bits per heavy atom. The summed E-state index contributed by atoms with van der Waals surface area (Å²) in [5.41, 5.74) is 1.07. The van der Waals surface area contributed by atoms with Gasteiger partial charge in [0.15, 0.2) is 5.13 Å². The number of anilines is 1. The van der Waals surface area contributed by atoms with Crippen molar-refractivity contribution in [2.75, 3.05) is 25.5 Å². The number of carbonyl (C=O) groups is 3. The van der Waals surface area contributed by atoms with Crippen molar-refractivity contribution in [2.24, 2.45) is 5.92 Å². The van der Waals surface area contributed by atoms with Gasteiger partial charge < -0.3 is 9.64 Å². The molecule has 1 aromatic heterocycles. The molecule has 1 aliphatic carbocycles. The fourth-order valence-electron chi connectivity index (χ4n) is 4.01. The zero-order valence-electron chi connectivity index (χ0n) is 16.5. The van der Waals surface area contributed by atoms with Gasteiger partial charge in [0.1, 0.15) is 5.82 Å². The zero-order valence-corrected chi connectivity index (χ0v) is 17.3. The van der Waals surface area contributed by atoms with Gasteiger partial charge in [-0.1, -0.05) is 0 Å². The Morgan fingerprint density at radius 3 is 2.53 bits per heavy atom. The number of aryl methyl sites for hydroxylation is 1. The van der Waals surface area contributed by atoms with E-state index in [1.165, 1.54) is 42.7 Å². The van der Waals surface area contributed by atoms with E-state index in [2.05, 4.69) is 10.3 Å². The number of amides is 2. The van der Waals surface area contributed by atoms with E-state index in [1.54, 1.807) is 4.90 Å². The van der Waals surface area contributed by atoms with Gasteiger partial charge in [-0.05, 0) is 49.9 Å². The molecule has 30 heavy (non-hydrogen) atoms. The number of likely N-dealkylation sites (tertiary alicyclic amines) is 1. The summed E-state index contributed by atoms with van der Waals surface area (Å²) < 4.78 is 17.8. The molecule has 158 valence electrons. The molecule has 4 rings (SSSR count). The number of nitrogens with one attached hydrogen (secondary N) is 1. The van der Waals surface area contributed by atoms with Gasteiger partial charge in [0.05, 0.1) is 24.6 Å². The molecular weight excluding hydrogens is 409 g/mol. The summed E-state index contributed by atoms with van der Waals surface area (Å²) >= 11 is 1.37. The lowest BCUT2D eigenvalue weighted by Gasteiger charge is -2.32. The first-order valence-corrected chi connectivity index (χ1v) is 10.7. The Labute approximate surface area is 177 Å². The molecule has 0 spiro atoms. The van der Waals surface area contributed by atoms with Crippen LogP contribution in [0.4, 0.5) is 9.52 Å². The summed E-state index contributed by atoms with van der Waals surface area (Å²) in [6.45, 7) is 1.06. The van der Waals surface area contributed by atoms with Gasteiger partial charge in [-0.15, -0.1) is 11.3 Å². The van der Waals surface area contributed by atoms with E-state index >= 15 is 0 Å². The van der Waals surface area contributed by atoms with Crippen molar-refractivity contribution in [2.45, 2.75) is 31.6 Å². The smallest absolute Gasteiger partial charge is 0.308 e. The lowest BCUT2D eigenvalue weighted by molar-refractivity contribution is -0.149. The highest BCUT2D eigenvalue weighted by atomic mass is 32.1. The number of piperidine rings is 1. The second-order valence-corrected chi connectivity index (χ2v) is 8.59. The van der Waals surface area contributed by atoms with Crippen LogP contribution < -0.4 is 5.32 Å². The highest BCUT2D eigenvalue weighted by Gasteiger charge is 2.37. The van der Waals surface area contributed by atoms with E-state index in [0.29, 0.717) is 43.0 Å². The SMILES string of the molecule is COC(=O)C1CCN(C(=O)[C@H]2CCc3sc(NC(=O)c4ccc(F)cc4)nc32)CC1. The number of fused-ring (bicyclic) bond motifs is 1. The number of methoxy groups -OCH3 is 1. The number of aromatic nitrogens is 1. The molecule has 0 saturated carbocycles. The maximum atomic E-state index is 13.0. The predicted molar refractivity (Wildman–Crippen MR) is 109 cm³/mol. The number of nitrogens with zero attached hydrogens (tertiary/aromatic N) is 2. The molecular formula is C21H22FN3O4S. The number of ether oxygens (including phenoxy) is 1. The van der Waals surface area contributed by atoms with Crippen molar-refractivity contribution >= 4 is 34.3 Å². The number of hydrogen-bond donors (Lipinski definition) is 1. The highest BCUT2D eigenvalue weighted by Crippen LogP contribution is 2.40. The van der Waals surface area contributed by atoms with Crippen LogP contribution in [-0.4, -0.2) is 47.9 Å². The maximum absolute atomic E-state index is 13.0. The van der Waals surface area contributed by atoms with Crippen molar-refractivity contribution in [3.63, 3.8) is 0 Å². The highest BCUT2D eigenvalue weighted by molar-refractivity contribution is 7.16. The van der Waals surface area contributed by atoms with E-state index in [4.69, 9.17) is 4.74 Å². The summed E-state index contributed by atoms with van der Waals surface area (Å²) in [5, 5.41) is 3.18. The molecule has 1 saturated heterocycles. The standard InChI is InChI=1S/C21H22FN3O4S/c1-29-20(28)13-8-10-25(11-9-13)19(27)15-6-7-16-17(15)23-21(30-16)24-18(26)12-2-4-14(22)5-3-12/h2-5,13,15H,6-11H2,1H3,(H,23,24,26)/t15-/m0/s1. The monoisotopic (exact) mass is 431 g/mol. The van der Waals surface area contributed by atoms with E-state index in [0.717, 1.165) is 17.0 Å². The third kappa shape index (κ3) is 4.07. The molecule has 1 aliphatic heterocycles. The number of carbonyl (C=O) groups excluding carboxylic acids is 3. The summed E-state index contributed by atoms with van der Waals surface area (Å²) in [5.74, 6) is -1.43. The van der Waals surface area contributed by atoms with Crippen LogP contribution in [0.1, 0.15) is 46.1 Å². The van der Waals surface area contributed by atoms with Crippen molar-refractivity contribution < 1.29 is 23.5 Å². The summed E-state index contributed by atoms with van der Waals surface area (Å²) in [6.07, 6.45) is 2.66. The second kappa shape index (κ2) is 8.51. The largest absolute Gasteiger partial charge is 0.469 e. The van der Waals surface area contributed by atoms with Crippen LogP contribution in [0.2, 0.25) is 0 Å². The minimum Gasteiger partial charge on any atom is -0.469 e. The van der Waals surface area contributed by atoms with Crippen LogP contribution in [0.3, 0.4) is 0 Å². The number of esters is 1. The van der Waals surface area contributed by atoms with Crippen LogP contribution in [0, 0.1) is 11.7 Å². The van der Waals surface area contributed by atoms with Crippen LogP contribution in [-0.2, 0) is 20.7 Å².